The lowest BCUT2D eigenvalue weighted by molar-refractivity contribution is -0.148. The van der Waals surface area contributed by atoms with E-state index in [0.717, 1.165) is 10.8 Å². The summed E-state index contributed by atoms with van der Waals surface area (Å²) in [5, 5.41) is 18.7. The number of hydrogen-bond donors (Lipinski definition) is 2. The summed E-state index contributed by atoms with van der Waals surface area (Å²) in [6, 6.07) is 10.4. The van der Waals surface area contributed by atoms with Gasteiger partial charge in [-0.25, -0.2) is 0 Å². The van der Waals surface area contributed by atoms with Gasteiger partial charge in [0.25, 0.3) is 5.91 Å². The summed E-state index contributed by atoms with van der Waals surface area (Å²) >= 11 is 1.62. The Hall–Kier alpha value is -3.14. The predicted molar refractivity (Wildman–Crippen MR) is 111 cm³/mol. The number of thioether (sulfide) groups is 1. The van der Waals surface area contributed by atoms with Crippen LogP contribution in [-0.2, 0) is 4.79 Å². The molecule has 0 saturated carbocycles. The second kappa shape index (κ2) is 6.69. The molecule has 2 aromatic carbocycles. The van der Waals surface area contributed by atoms with E-state index in [2.05, 4.69) is 25.9 Å². The first-order valence-electron chi connectivity index (χ1n) is 9.52. The summed E-state index contributed by atoms with van der Waals surface area (Å²) in [7, 11) is 1.53. The van der Waals surface area contributed by atoms with Gasteiger partial charge in [0.15, 0.2) is 5.82 Å². The highest BCUT2D eigenvalue weighted by atomic mass is 32.2. The number of nitrogens with zero attached hydrogens (tertiary/aromatic N) is 4. The maximum absolute atomic E-state index is 13.2. The van der Waals surface area contributed by atoms with E-state index in [9.17, 15) is 9.59 Å². The average molecular weight is 424 g/mol. The summed E-state index contributed by atoms with van der Waals surface area (Å²) in [6.07, 6.45) is 0. The Morgan fingerprint density at radius 3 is 2.80 bits per heavy atom. The van der Waals surface area contributed by atoms with E-state index in [1.807, 2.05) is 44.2 Å². The highest BCUT2D eigenvalue weighted by Crippen LogP contribution is 2.56. The zero-order chi connectivity index (χ0) is 21.0. The van der Waals surface area contributed by atoms with Crippen LogP contribution in [-0.4, -0.2) is 60.6 Å². The van der Waals surface area contributed by atoms with Gasteiger partial charge in [0.2, 0.25) is 5.91 Å². The highest BCUT2D eigenvalue weighted by molar-refractivity contribution is 8.01. The van der Waals surface area contributed by atoms with Gasteiger partial charge in [-0.15, -0.1) is 22.0 Å². The molecular weight excluding hydrogens is 404 g/mol. The second-order valence-electron chi connectivity index (χ2n) is 7.85. The summed E-state index contributed by atoms with van der Waals surface area (Å²) in [5.74, 6) is 0.464. The Bertz CT molecular complexity index is 1150. The van der Waals surface area contributed by atoms with Crippen LogP contribution < -0.4 is 10.1 Å². The fourth-order valence-electron chi connectivity index (χ4n) is 4.32. The summed E-state index contributed by atoms with van der Waals surface area (Å²) in [6.45, 7) is 4.08. The summed E-state index contributed by atoms with van der Waals surface area (Å²) in [5.41, 5.74) is 0.429. The third-order valence-corrected chi connectivity index (χ3v) is 7.24. The highest BCUT2D eigenvalue weighted by Gasteiger charge is 2.63. The van der Waals surface area contributed by atoms with Crippen LogP contribution in [0.5, 0.6) is 5.75 Å². The van der Waals surface area contributed by atoms with Crippen LogP contribution in [0.1, 0.15) is 36.1 Å². The third kappa shape index (κ3) is 2.67. The van der Waals surface area contributed by atoms with Crippen LogP contribution >= 0.6 is 11.8 Å². The number of H-pyrrole nitrogens is 1. The van der Waals surface area contributed by atoms with Crippen LogP contribution in [0, 0.1) is 0 Å². The van der Waals surface area contributed by atoms with Crippen molar-refractivity contribution in [3.05, 3.63) is 47.8 Å². The van der Waals surface area contributed by atoms with Gasteiger partial charge in [-0.05, 0) is 30.7 Å². The molecule has 30 heavy (non-hydrogen) atoms. The van der Waals surface area contributed by atoms with Crippen molar-refractivity contribution in [1.82, 2.24) is 30.8 Å². The Balaban J connectivity index is 1.44. The number of carbonyl (C=O) groups is 2. The molecule has 5 rings (SSSR count). The first kappa shape index (κ1) is 18.9. The van der Waals surface area contributed by atoms with Crippen molar-refractivity contribution in [2.75, 3.05) is 7.11 Å². The predicted octanol–water partition coefficient (Wildman–Crippen LogP) is 1.89. The topological polar surface area (TPSA) is 113 Å². The lowest BCUT2D eigenvalue weighted by Crippen LogP contribution is -2.67. The molecule has 0 radical (unpaired) electrons. The SMILES string of the molecule is COc1ccc2ccccc2c1C(=O)NC1C(=O)N2C(c3nn[nH]n3)C(C)(C)S[C@H]12. The fraction of sp³-hybridized carbons (Fsp3) is 0.350. The molecule has 2 amide bonds. The largest absolute Gasteiger partial charge is 0.496 e. The number of benzene rings is 2. The molecule has 0 aliphatic carbocycles. The van der Waals surface area contributed by atoms with Crippen LogP contribution in [0.3, 0.4) is 0 Å². The maximum Gasteiger partial charge on any atom is 0.256 e. The van der Waals surface area contributed by atoms with Crippen molar-refractivity contribution >= 4 is 34.3 Å². The Labute approximate surface area is 176 Å². The number of hydrogen-bond acceptors (Lipinski definition) is 7. The molecular formula is C20H20N6O3S. The van der Waals surface area contributed by atoms with Gasteiger partial charge in [-0.1, -0.05) is 35.5 Å². The molecule has 0 spiro atoms. The molecule has 2 fully saturated rings. The second-order valence-corrected chi connectivity index (χ2v) is 9.62. The zero-order valence-electron chi connectivity index (χ0n) is 16.6. The van der Waals surface area contributed by atoms with Crippen LogP contribution in [0.2, 0.25) is 0 Å². The van der Waals surface area contributed by atoms with Gasteiger partial charge in [-0.3, -0.25) is 9.59 Å². The number of carbonyl (C=O) groups excluding carboxylic acids is 2. The minimum Gasteiger partial charge on any atom is -0.496 e. The van der Waals surface area contributed by atoms with Gasteiger partial charge >= 0.3 is 0 Å². The minimum atomic E-state index is -0.623. The minimum absolute atomic E-state index is 0.152. The Morgan fingerprint density at radius 2 is 2.07 bits per heavy atom. The fourth-order valence-corrected chi connectivity index (χ4v) is 5.95. The number of tetrazole rings is 1. The third-order valence-electron chi connectivity index (χ3n) is 5.67. The molecule has 3 heterocycles. The maximum atomic E-state index is 13.2. The number of aromatic nitrogens is 4. The number of nitrogens with one attached hydrogen (secondary N) is 2. The summed E-state index contributed by atoms with van der Waals surface area (Å²) < 4.78 is 5.11. The van der Waals surface area contributed by atoms with Crippen molar-refractivity contribution in [2.45, 2.75) is 36.1 Å². The quantitative estimate of drug-likeness (QED) is 0.615. The molecule has 1 aromatic heterocycles. The van der Waals surface area contributed by atoms with Crippen molar-refractivity contribution in [2.24, 2.45) is 0 Å². The van der Waals surface area contributed by atoms with Gasteiger partial charge in [0, 0.05) is 4.75 Å². The van der Waals surface area contributed by atoms with Gasteiger partial charge in [0.05, 0.1) is 12.7 Å². The van der Waals surface area contributed by atoms with E-state index in [1.54, 1.807) is 22.7 Å². The van der Waals surface area contributed by atoms with E-state index in [1.165, 1.54) is 7.11 Å². The lowest BCUT2D eigenvalue weighted by atomic mass is 9.95. The first-order valence-corrected chi connectivity index (χ1v) is 10.4. The number of rotatable bonds is 4. The van der Waals surface area contributed by atoms with Crippen molar-refractivity contribution < 1.29 is 14.3 Å². The zero-order valence-corrected chi connectivity index (χ0v) is 17.4. The van der Waals surface area contributed by atoms with E-state index in [-0.39, 0.29) is 28.0 Å². The van der Waals surface area contributed by atoms with E-state index >= 15 is 0 Å². The smallest absolute Gasteiger partial charge is 0.256 e. The summed E-state index contributed by atoms with van der Waals surface area (Å²) in [4.78, 5) is 28.0. The van der Waals surface area contributed by atoms with Crippen LogP contribution in [0.4, 0.5) is 0 Å². The normalized spacial score (nSPS) is 24.4. The van der Waals surface area contributed by atoms with Crippen LogP contribution in [0.25, 0.3) is 10.8 Å². The number of fused-ring (bicyclic) bond motifs is 2. The van der Waals surface area contributed by atoms with Crippen molar-refractivity contribution in [3.8, 4) is 5.75 Å². The molecule has 9 nitrogen and oxygen atoms in total. The number of aromatic amines is 1. The number of methoxy groups -OCH3 is 1. The van der Waals surface area contributed by atoms with Crippen LogP contribution in [0.15, 0.2) is 36.4 Å². The van der Waals surface area contributed by atoms with Crippen molar-refractivity contribution in [3.63, 3.8) is 0 Å². The number of amides is 2. The Kier molecular flexibility index (Phi) is 4.21. The number of ether oxygens (including phenoxy) is 1. The number of β-lactam (4-membered cyclic amide) rings is 1. The molecule has 3 aromatic rings. The van der Waals surface area contributed by atoms with E-state index < -0.39 is 6.04 Å². The van der Waals surface area contributed by atoms with E-state index in [0.29, 0.717) is 17.1 Å². The lowest BCUT2D eigenvalue weighted by Gasteiger charge is -2.44. The standard InChI is InChI=1S/C20H20N6O3S/c1-20(2)15(16-22-24-25-23-16)26-18(28)14(19(26)30-20)21-17(27)13-11-7-5-4-6-10(11)8-9-12(13)29-3/h4-9,14-15,19H,1-3H3,(H,21,27)(H,22,23,24,25)/t14?,15?,19-/m1/s1. The molecule has 2 N–H and O–H groups in total. The average Bonchev–Trinajstić information content (AvgIpc) is 3.35. The first-order chi connectivity index (χ1) is 14.4. The molecule has 3 atom stereocenters. The van der Waals surface area contributed by atoms with E-state index in [4.69, 9.17) is 4.74 Å². The molecule has 2 saturated heterocycles. The molecule has 154 valence electrons. The Morgan fingerprint density at radius 1 is 1.27 bits per heavy atom. The molecule has 2 aliphatic heterocycles. The van der Waals surface area contributed by atoms with Gasteiger partial charge < -0.3 is 15.0 Å². The van der Waals surface area contributed by atoms with Gasteiger partial charge in [0.1, 0.15) is 23.2 Å². The molecule has 10 heteroatoms. The van der Waals surface area contributed by atoms with Gasteiger partial charge in [-0.2, -0.15) is 5.21 Å². The molecule has 2 aliphatic rings. The molecule has 2 unspecified atom stereocenters. The molecule has 0 bridgehead atoms. The van der Waals surface area contributed by atoms with Crippen molar-refractivity contribution in [1.29, 1.82) is 0 Å². The monoisotopic (exact) mass is 424 g/mol.